The monoisotopic (exact) mass is 271 g/mol. The van der Waals surface area contributed by atoms with Crippen molar-refractivity contribution in [2.75, 3.05) is 11.5 Å². The van der Waals surface area contributed by atoms with Gasteiger partial charge in [-0.1, -0.05) is 6.92 Å². The standard InChI is InChI=1S/C13H21NO3S/c1-2-18(16,17)9-3-7-14-8-6-12(10-14)13(15)11-4-5-11/h6,8,10-11,13,15H,2-5,7,9H2,1H3. The van der Waals surface area contributed by atoms with Crippen molar-refractivity contribution in [3.63, 3.8) is 0 Å². The Hall–Kier alpha value is -0.810. The molecule has 102 valence electrons. The SMILES string of the molecule is CCS(=O)(=O)CCCn1ccc(C(O)C2CC2)c1. The van der Waals surface area contributed by atoms with Gasteiger partial charge in [0, 0.05) is 24.7 Å². The fourth-order valence-corrected chi connectivity index (χ4v) is 2.93. The second kappa shape index (κ2) is 5.45. The molecule has 1 N–H and O–H groups in total. The Balaban J connectivity index is 1.83. The number of aliphatic hydroxyl groups excluding tert-OH is 1. The third-order valence-corrected chi connectivity index (χ3v) is 5.29. The van der Waals surface area contributed by atoms with Crippen molar-refractivity contribution < 1.29 is 13.5 Å². The van der Waals surface area contributed by atoms with E-state index < -0.39 is 9.84 Å². The van der Waals surface area contributed by atoms with Crippen molar-refractivity contribution in [3.8, 4) is 0 Å². The molecule has 1 unspecified atom stereocenters. The molecule has 2 rings (SSSR count). The molecule has 1 aliphatic rings. The summed E-state index contributed by atoms with van der Waals surface area (Å²) >= 11 is 0. The normalized spacial score (nSPS) is 17.9. The summed E-state index contributed by atoms with van der Waals surface area (Å²) in [5.41, 5.74) is 0.954. The first-order valence-electron chi connectivity index (χ1n) is 6.56. The molecular formula is C13H21NO3S. The van der Waals surface area contributed by atoms with Crippen LogP contribution in [0.25, 0.3) is 0 Å². The number of hydrogen-bond donors (Lipinski definition) is 1. The summed E-state index contributed by atoms with van der Waals surface area (Å²) in [6.07, 6.45) is 6.36. The first-order chi connectivity index (χ1) is 8.52. The van der Waals surface area contributed by atoms with Crippen LogP contribution in [0.2, 0.25) is 0 Å². The molecule has 1 aliphatic carbocycles. The van der Waals surface area contributed by atoms with E-state index in [9.17, 15) is 13.5 Å². The van der Waals surface area contributed by atoms with Gasteiger partial charge in [-0.2, -0.15) is 0 Å². The van der Waals surface area contributed by atoms with Gasteiger partial charge in [-0.25, -0.2) is 8.42 Å². The first kappa shape index (κ1) is 13.6. The summed E-state index contributed by atoms with van der Waals surface area (Å²) in [5.74, 6) is 0.883. The van der Waals surface area contributed by atoms with E-state index in [1.165, 1.54) is 0 Å². The van der Waals surface area contributed by atoms with Crippen LogP contribution in [-0.2, 0) is 16.4 Å². The lowest BCUT2D eigenvalue weighted by molar-refractivity contribution is 0.154. The lowest BCUT2D eigenvalue weighted by Crippen LogP contribution is -2.10. The highest BCUT2D eigenvalue weighted by molar-refractivity contribution is 7.91. The van der Waals surface area contributed by atoms with E-state index >= 15 is 0 Å². The van der Waals surface area contributed by atoms with E-state index in [2.05, 4.69) is 0 Å². The Kier molecular flexibility index (Phi) is 4.12. The van der Waals surface area contributed by atoms with E-state index in [1.54, 1.807) is 6.92 Å². The number of hydrogen-bond acceptors (Lipinski definition) is 3. The maximum atomic E-state index is 11.4. The number of sulfone groups is 1. The number of rotatable bonds is 7. The molecular weight excluding hydrogens is 250 g/mol. The van der Waals surface area contributed by atoms with Crippen molar-refractivity contribution in [3.05, 3.63) is 24.0 Å². The zero-order chi connectivity index (χ0) is 13.2. The number of aryl methyl sites for hydroxylation is 1. The second-order valence-electron chi connectivity index (χ2n) is 5.05. The largest absolute Gasteiger partial charge is 0.388 e. The smallest absolute Gasteiger partial charge is 0.150 e. The molecule has 0 spiro atoms. The Morgan fingerprint density at radius 2 is 2.22 bits per heavy atom. The molecule has 0 radical (unpaired) electrons. The summed E-state index contributed by atoms with van der Waals surface area (Å²) in [6, 6.07) is 1.93. The lowest BCUT2D eigenvalue weighted by atomic mass is 10.1. The zero-order valence-electron chi connectivity index (χ0n) is 10.7. The minimum Gasteiger partial charge on any atom is -0.388 e. The van der Waals surface area contributed by atoms with Crippen LogP contribution in [0.5, 0.6) is 0 Å². The molecule has 1 fully saturated rings. The Labute approximate surface area is 109 Å². The predicted molar refractivity (Wildman–Crippen MR) is 71.1 cm³/mol. The molecule has 0 aliphatic heterocycles. The molecule has 0 bridgehead atoms. The molecule has 1 aromatic heterocycles. The number of aliphatic hydroxyl groups is 1. The molecule has 1 heterocycles. The van der Waals surface area contributed by atoms with Crippen LogP contribution >= 0.6 is 0 Å². The van der Waals surface area contributed by atoms with Crippen LogP contribution in [-0.4, -0.2) is 29.6 Å². The maximum absolute atomic E-state index is 11.4. The van der Waals surface area contributed by atoms with Crippen molar-refractivity contribution in [2.45, 2.75) is 38.8 Å². The molecule has 5 heteroatoms. The van der Waals surface area contributed by atoms with Crippen molar-refractivity contribution in [1.82, 2.24) is 4.57 Å². The van der Waals surface area contributed by atoms with Gasteiger partial charge in [0.2, 0.25) is 0 Å². The van der Waals surface area contributed by atoms with Gasteiger partial charge in [-0.15, -0.1) is 0 Å². The third kappa shape index (κ3) is 3.59. The quantitative estimate of drug-likeness (QED) is 0.822. The topological polar surface area (TPSA) is 59.3 Å². The van der Waals surface area contributed by atoms with Gasteiger partial charge in [0.25, 0.3) is 0 Å². The highest BCUT2D eigenvalue weighted by Crippen LogP contribution is 2.40. The highest BCUT2D eigenvalue weighted by atomic mass is 32.2. The van der Waals surface area contributed by atoms with Gasteiger partial charge in [-0.3, -0.25) is 0 Å². The van der Waals surface area contributed by atoms with Crippen molar-refractivity contribution in [2.24, 2.45) is 5.92 Å². The minimum atomic E-state index is -2.87. The van der Waals surface area contributed by atoms with E-state index in [0.717, 1.165) is 18.4 Å². The molecule has 0 amide bonds. The van der Waals surface area contributed by atoms with Gasteiger partial charge in [-0.05, 0) is 36.8 Å². The molecule has 1 atom stereocenters. The van der Waals surface area contributed by atoms with Gasteiger partial charge in [0.15, 0.2) is 0 Å². The number of nitrogens with zero attached hydrogens (tertiary/aromatic N) is 1. The average Bonchev–Trinajstić information content (AvgIpc) is 3.08. The molecule has 18 heavy (non-hydrogen) atoms. The highest BCUT2D eigenvalue weighted by Gasteiger charge is 2.31. The van der Waals surface area contributed by atoms with Crippen LogP contribution in [0, 0.1) is 5.92 Å². The lowest BCUT2D eigenvalue weighted by Gasteiger charge is -2.06. The minimum absolute atomic E-state index is 0.213. The number of aromatic nitrogens is 1. The predicted octanol–water partition coefficient (Wildman–Crippen LogP) is 1.76. The molecule has 4 nitrogen and oxygen atoms in total. The van der Waals surface area contributed by atoms with E-state index in [0.29, 0.717) is 18.9 Å². The molecule has 1 aromatic rings. The average molecular weight is 271 g/mol. The summed E-state index contributed by atoms with van der Waals surface area (Å²) in [7, 11) is -2.87. The fourth-order valence-electron chi connectivity index (χ4n) is 2.07. The Morgan fingerprint density at radius 3 is 2.83 bits per heavy atom. The van der Waals surface area contributed by atoms with Crippen LogP contribution in [0.3, 0.4) is 0 Å². The van der Waals surface area contributed by atoms with Gasteiger partial charge in [0.1, 0.15) is 9.84 Å². The van der Waals surface area contributed by atoms with Crippen molar-refractivity contribution in [1.29, 1.82) is 0 Å². The van der Waals surface area contributed by atoms with Gasteiger partial charge < -0.3 is 9.67 Å². The maximum Gasteiger partial charge on any atom is 0.150 e. The molecule has 1 saturated carbocycles. The zero-order valence-corrected chi connectivity index (χ0v) is 11.6. The van der Waals surface area contributed by atoms with Crippen LogP contribution < -0.4 is 0 Å². The fraction of sp³-hybridized carbons (Fsp3) is 0.692. The van der Waals surface area contributed by atoms with Gasteiger partial charge in [0.05, 0.1) is 11.9 Å². The summed E-state index contributed by atoms with van der Waals surface area (Å²) < 4.78 is 24.7. The van der Waals surface area contributed by atoms with E-state index in [1.807, 2.05) is 23.0 Å². The van der Waals surface area contributed by atoms with Gasteiger partial charge >= 0.3 is 0 Å². The van der Waals surface area contributed by atoms with Crippen LogP contribution in [0.15, 0.2) is 18.5 Å². The van der Waals surface area contributed by atoms with E-state index in [4.69, 9.17) is 0 Å². The Morgan fingerprint density at radius 1 is 1.50 bits per heavy atom. The second-order valence-corrected chi connectivity index (χ2v) is 7.53. The first-order valence-corrected chi connectivity index (χ1v) is 8.38. The van der Waals surface area contributed by atoms with Crippen LogP contribution in [0.4, 0.5) is 0 Å². The van der Waals surface area contributed by atoms with Crippen LogP contribution in [0.1, 0.15) is 37.9 Å². The Bertz CT molecular complexity index is 488. The van der Waals surface area contributed by atoms with Crippen molar-refractivity contribution >= 4 is 9.84 Å². The third-order valence-electron chi connectivity index (χ3n) is 3.49. The summed E-state index contributed by atoms with van der Waals surface area (Å²) in [4.78, 5) is 0. The molecule has 0 saturated heterocycles. The summed E-state index contributed by atoms with van der Waals surface area (Å²) in [6.45, 7) is 2.37. The molecule has 0 aromatic carbocycles. The summed E-state index contributed by atoms with van der Waals surface area (Å²) in [5, 5.41) is 9.96. The van der Waals surface area contributed by atoms with E-state index in [-0.39, 0.29) is 17.6 Å².